The first-order chi connectivity index (χ1) is 10.4. The van der Waals surface area contributed by atoms with Gasteiger partial charge >= 0.3 is 5.69 Å². The number of rotatable bonds is 7. The number of nitrogens with one attached hydrogen (secondary N) is 1. The molecule has 0 amide bonds. The van der Waals surface area contributed by atoms with Gasteiger partial charge in [-0.25, -0.2) is 0 Å². The number of likely N-dealkylation sites (N-methyl/N-ethyl adjacent to an activating group) is 1. The van der Waals surface area contributed by atoms with Crippen molar-refractivity contribution in [3.63, 3.8) is 0 Å². The molecule has 0 aliphatic rings. The molecule has 2 rings (SSSR count). The Balaban J connectivity index is 1.92. The molecule has 0 aliphatic carbocycles. The average molecular weight is 308 g/mol. The average Bonchev–Trinajstić information content (AvgIpc) is 3.06. The summed E-state index contributed by atoms with van der Waals surface area (Å²) < 4.78 is 1.36. The molecule has 0 bridgehead atoms. The van der Waals surface area contributed by atoms with Crippen molar-refractivity contribution in [1.29, 1.82) is 0 Å². The van der Waals surface area contributed by atoms with E-state index in [4.69, 9.17) is 0 Å². The standard InChI is InChI=1S/C13H20N6O3/c1-9(2)12-4-13(16-15-12)17(3)7-11(20)8-18-6-10(5-14-18)19(21)22/h4-6,9,11,20H,7-8H2,1-3H3,(H,15,16). The van der Waals surface area contributed by atoms with E-state index in [0.717, 1.165) is 11.5 Å². The second-order valence-corrected chi connectivity index (χ2v) is 5.55. The highest BCUT2D eigenvalue weighted by Crippen LogP contribution is 2.17. The van der Waals surface area contributed by atoms with Crippen LogP contribution in [-0.2, 0) is 6.54 Å². The van der Waals surface area contributed by atoms with Crippen LogP contribution in [-0.4, -0.2) is 49.7 Å². The third kappa shape index (κ3) is 3.82. The maximum absolute atomic E-state index is 10.6. The van der Waals surface area contributed by atoms with Crippen molar-refractivity contribution in [2.45, 2.75) is 32.4 Å². The first-order valence-electron chi connectivity index (χ1n) is 6.98. The van der Waals surface area contributed by atoms with Crippen molar-refractivity contribution in [2.24, 2.45) is 0 Å². The normalized spacial score (nSPS) is 12.6. The monoisotopic (exact) mass is 308 g/mol. The zero-order valence-electron chi connectivity index (χ0n) is 12.8. The van der Waals surface area contributed by atoms with Crippen molar-refractivity contribution in [3.8, 4) is 0 Å². The largest absolute Gasteiger partial charge is 0.389 e. The molecule has 9 nitrogen and oxygen atoms in total. The SMILES string of the molecule is CC(C)c1cc(N(C)CC(O)Cn2cc([N+](=O)[O-])cn2)n[nH]1. The number of hydrogen-bond donors (Lipinski definition) is 2. The van der Waals surface area contributed by atoms with E-state index in [1.54, 1.807) is 0 Å². The molecular formula is C13H20N6O3. The Morgan fingerprint density at radius 2 is 2.27 bits per heavy atom. The first kappa shape index (κ1) is 16.0. The lowest BCUT2D eigenvalue weighted by Gasteiger charge is -2.20. The summed E-state index contributed by atoms with van der Waals surface area (Å²) >= 11 is 0. The van der Waals surface area contributed by atoms with Crippen LogP contribution in [0.2, 0.25) is 0 Å². The first-order valence-corrected chi connectivity index (χ1v) is 6.98. The van der Waals surface area contributed by atoms with Gasteiger partial charge in [-0.15, -0.1) is 0 Å². The summed E-state index contributed by atoms with van der Waals surface area (Å²) in [5.41, 5.74) is 0.938. The number of aliphatic hydroxyl groups excluding tert-OH is 1. The van der Waals surface area contributed by atoms with E-state index < -0.39 is 11.0 Å². The number of aromatic nitrogens is 4. The molecule has 9 heteroatoms. The third-order valence-corrected chi connectivity index (χ3v) is 3.31. The minimum atomic E-state index is -0.719. The minimum Gasteiger partial charge on any atom is -0.389 e. The minimum absolute atomic E-state index is 0.0885. The van der Waals surface area contributed by atoms with Crippen molar-refractivity contribution in [3.05, 3.63) is 34.3 Å². The molecule has 1 atom stereocenters. The van der Waals surface area contributed by atoms with E-state index >= 15 is 0 Å². The fraction of sp³-hybridized carbons (Fsp3) is 0.538. The molecule has 2 aromatic heterocycles. The highest BCUT2D eigenvalue weighted by molar-refractivity contribution is 5.39. The predicted octanol–water partition coefficient (Wildman–Crippen LogP) is 1.14. The summed E-state index contributed by atoms with van der Waals surface area (Å²) in [5, 5.41) is 31.7. The Labute approximate surface area is 127 Å². The maximum atomic E-state index is 10.6. The topological polar surface area (TPSA) is 113 Å². The van der Waals surface area contributed by atoms with Gasteiger partial charge in [0.25, 0.3) is 0 Å². The van der Waals surface area contributed by atoms with E-state index in [2.05, 4.69) is 29.1 Å². The Morgan fingerprint density at radius 1 is 1.55 bits per heavy atom. The van der Waals surface area contributed by atoms with Gasteiger partial charge in [0.2, 0.25) is 0 Å². The van der Waals surface area contributed by atoms with Gasteiger partial charge in [-0.3, -0.25) is 19.9 Å². The van der Waals surface area contributed by atoms with E-state index in [1.165, 1.54) is 17.1 Å². The molecular weight excluding hydrogens is 288 g/mol. The number of anilines is 1. The van der Waals surface area contributed by atoms with Gasteiger partial charge < -0.3 is 10.0 Å². The van der Waals surface area contributed by atoms with Crippen LogP contribution in [0.3, 0.4) is 0 Å². The molecule has 2 heterocycles. The third-order valence-electron chi connectivity index (χ3n) is 3.31. The van der Waals surface area contributed by atoms with Crippen LogP contribution < -0.4 is 4.90 Å². The highest BCUT2D eigenvalue weighted by Gasteiger charge is 2.15. The van der Waals surface area contributed by atoms with E-state index in [-0.39, 0.29) is 12.2 Å². The van der Waals surface area contributed by atoms with Crippen LogP contribution in [0, 0.1) is 10.1 Å². The van der Waals surface area contributed by atoms with Crippen LogP contribution in [0.25, 0.3) is 0 Å². The molecule has 0 saturated carbocycles. The number of H-pyrrole nitrogens is 1. The van der Waals surface area contributed by atoms with Gasteiger partial charge in [-0.05, 0) is 5.92 Å². The number of aromatic amines is 1. The summed E-state index contributed by atoms with van der Waals surface area (Å²) in [5.74, 6) is 1.10. The fourth-order valence-corrected chi connectivity index (χ4v) is 2.05. The van der Waals surface area contributed by atoms with Gasteiger partial charge in [0.05, 0.1) is 17.6 Å². The lowest BCUT2D eigenvalue weighted by atomic mass is 10.1. The van der Waals surface area contributed by atoms with E-state index in [9.17, 15) is 15.2 Å². The number of nitro groups is 1. The molecule has 0 aromatic carbocycles. The summed E-state index contributed by atoms with van der Waals surface area (Å²) in [4.78, 5) is 11.9. The summed E-state index contributed by atoms with van der Waals surface area (Å²) in [7, 11) is 1.83. The number of aliphatic hydroxyl groups is 1. The van der Waals surface area contributed by atoms with Crippen molar-refractivity contribution < 1.29 is 10.0 Å². The highest BCUT2D eigenvalue weighted by atomic mass is 16.6. The predicted molar refractivity (Wildman–Crippen MR) is 80.8 cm³/mol. The van der Waals surface area contributed by atoms with Crippen molar-refractivity contribution in [2.75, 3.05) is 18.5 Å². The van der Waals surface area contributed by atoms with Crippen molar-refractivity contribution >= 4 is 11.5 Å². The van der Waals surface area contributed by atoms with Crippen molar-refractivity contribution in [1.82, 2.24) is 20.0 Å². The lowest BCUT2D eigenvalue weighted by Crippen LogP contribution is -2.32. The quantitative estimate of drug-likeness (QED) is 0.585. The number of hydrogen-bond acceptors (Lipinski definition) is 6. The molecule has 0 radical (unpaired) electrons. The molecule has 2 aromatic rings. The summed E-state index contributed by atoms with van der Waals surface area (Å²) in [6.07, 6.45) is 1.75. The Kier molecular flexibility index (Phi) is 4.76. The molecule has 0 fully saturated rings. The molecule has 1 unspecified atom stereocenters. The molecule has 120 valence electrons. The molecule has 0 spiro atoms. The zero-order chi connectivity index (χ0) is 16.3. The van der Waals surface area contributed by atoms with Gasteiger partial charge in [0, 0.05) is 25.4 Å². The van der Waals surface area contributed by atoms with E-state index in [1.807, 2.05) is 18.0 Å². The lowest BCUT2D eigenvalue weighted by molar-refractivity contribution is -0.385. The second-order valence-electron chi connectivity index (χ2n) is 5.55. The van der Waals surface area contributed by atoms with Crippen LogP contribution in [0.15, 0.2) is 18.5 Å². The Morgan fingerprint density at radius 3 is 2.82 bits per heavy atom. The number of nitrogens with zero attached hydrogens (tertiary/aromatic N) is 5. The van der Waals surface area contributed by atoms with Crippen LogP contribution >= 0.6 is 0 Å². The van der Waals surface area contributed by atoms with E-state index in [0.29, 0.717) is 12.5 Å². The summed E-state index contributed by atoms with van der Waals surface area (Å²) in [6, 6.07) is 1.94. The Hall–Kier alpha value is -2.42. The van der Waals surface area contributed by atoms with Crippen LogP contribution in [0.4, 0.5) is 11.5 Å². The molecule has 22 heavy (non-hydrogen) atoms. The second kappa shape index (κ2) is 6.56. The maximum Gasteiger partial charge on any atom is 0.306 e. The van der Waals surface area contributed by atoms with Gasteiger partial charge in [0.15, 0.2) is 0 Å². The van der Waals surface area contributed by atoms with Gasteiger partial charge in [-0.2, -0.15) is 10.2 Å². The fourth-order valence-electron chi connectivity index (χ4n) is 2.05. The molecule has 2 N–H and O–H groups in total. The Bertz CT molecular complexity index is 635. The zero-order valence-corrected chi connectivity index (χ0v) is 12.8. The molecule has 0 aliphatic heterocycles. The smallest absolute Gasteiger partial charge is 0.306 e. The van der Waals surface area contributed by atoms with Gasteiger partial charge in [0.1, 0.15) is 18.2 Å². The van der Waals surface area contributed by atoms with Gasteiger partial charge in [-0.1, -0.05) is 13.8 Å². The molecule has 0 saturated heterocycles. The van der Waals surface area contributed by atoms with Crippen LogP contribution in [0.5, 0.6) is 0 Å². The summed E-state index contributed by atoms with van der Waals surface area (Å²) in [6.45, 7) is 4.66. The van der Waals surface area contributed by atoms with Crippen LogP contribution in [0.1, 0.15) is 25.5 Å².